The summed E-state index contributed by atoms with van der Waals surface area (Å²) in [6, 6.07) is 15.4. The first-order chi connectivity index (χ1) is 13.8. The summed E-state index contributed by atoms with van der Waals surface area (Å²) in [5, 5.41) is 5.20. The molecule has 0 bridgehead atoms. The molecule has 0 aliphatic rings. The number of carbonyl (C=O) groups excluding carboxylic acids is 2. The van der Waals surface area contributed by atoms with E-state index in [0.717, 1.165) is 23.8 Å². The molecule has 29 heavy (non-hydrogen) atoms. The van der Waals surface area contributed by atoms with E-state index in [9.17, 15) is 18.0 Å². The minimum absolute atomic E-state index is 0.0473. The van der Waals surface area contributed by atoms with Gasteiger partial charge in [0.1, 0.15) is 22.5 Å². The molecule has 8 heteroatoms. The first-order valence-electron chi connectivity index (χ1n) is 9.31. The summed E-state index contributed by atoms with van der Waals surface area (Å²) < 4.78 is 28.2. The van der Waals surface area contributed by atoms with E-state index >= 15 is 0 Å². The molecule has 0 aromatic heterocycles. The lowest BCUT2D eigenvalue weighted by Gasteiger charge is -2.18. The van der Waals surface area contributed by atoms with E-state index in [1.54, 1.807) is 6.07 Å². The van der Waals surface area contributed by atoms with Crippen LogP contribution in [-0.2, 0) is 32.4 Å². The van der Waals surface area contributed by atoms with Crippen molar-refractivity contribution in [3.63, 3.8) is 0 Å². The van der Waals surface area contributed by atoms with Crippen molar-refractivity contribution in [2.45, 2.75) is 32.4 Å². The van der Waals surface area contributed by atoms with Gasteiger partial charge in [-0.2, -0.15) is 0 Å². The Hall–Kier alpha value is -2.87. The fourth-order valence-corrected chi connectivity index (χ4v) is 3.27. The minimum Gasteiger partial charge on any atom is -0.445 e. The highest BCUT2D eigenvalue weighted by Gasteiger charge is 2.23. The Bertz CT molecular complexity index is 929. The van der Waals surface area contributed by atoms with E-state index in [1.807, 2.05) is 55.5 Å². The third kappa shape index (κ3) is 8.35. The van der Waals surface area contributed by atoms with Gasteiger partial charge < -0.3 is 15.4 Å². The smallest absolute Gasteiger partial charge is 0.408 e. The summed E-state index contributed by atoms with van der Waals surface area (Å²) in [6.45, 7) is 2.05. The number of amides is 2. The average Bonchev–Trinajstić information content (AvgIpc) is 2.69. The Morgan fingerprint density at radius 3 is 2.38 bits per heavy atom. The van der Waals surface area contributed by atoms with Crippen LogP contribution < -0.4 is 10.6 Å². The maximum absolute atomic E-state index is 12.7. The van der Waals surface area contributed by atoms with Crippen LogP contribution in [-0.4, -0.2) is 38.5 Å². The van der Waals surface area contributed by atoms with Crippen molar-refractivity contribution in [2.24, 2.45) is 0 Å². The predicted molar refractivity (Wildman–Crippen MR) is 112 cm³/mol. The minimum atomic E-state index is -3.30. The molecule has 2 aromatic rings. The van der Waals surface area contributed by atoms with Crippen molar-refractivity contribution in [2.75, 3.05) is 17.3 Å². The van der Waals surface area contributed by atoms with Crippen molar-refractivity contribution in [3.8, 4) is 0 Å². The zero-order valence-electron chi connectivity index (χ0n) is 16.6. The lowest BCUT2D eigenvalue weighted by Crippen LogP contribution is -2.45. The topological polar surface area (TPSA) is 102 Å². The van der Waals surface area contributed by atoms with Gasteiger partial charge in [-0.25, -0.2) is 13.2 Å². The molecule has 0 fully saturated rings. The lowest BCUT2D eigenvalue weighted by atomic mass is 10.1. The molecule has 2 N–H and O–H groups in total. The summed E-state index contributed by atoms with van der Waals surface area (Å²) in [5.41, 5.74) is 2.43. The number of rotatable bonds is 9. The third-order valence-corrected chi connectivity index (χ3v) is 5.18. The van der Waals surface area contributed by atoms with Crippen LogP contribution in [0.3, 0.4) is 0 Å². The number of hydrogen-bond donors (Lipinski definition) is 2. The number of benzene rings is 2. The van der Waals surface area contributed by atoms with E-state index in [0.29, 0.717) is 5.69 Å². The number of anilines is 1. The predicted octanol–water partition coefficient (Wildman–Crippen LogP) is 2.92. The lowest BCUT2D eigenvalue weighted by molar-refractivity contribution is -0.118. The van der Waals surface area contributed by atoms with Crippen LogP contribution in [0.5, 0.6) is 0 Å². The zero-order chi connectivity index (χ0) is 21.3. The Kier molecular flexibility index (Phi) is 8.21. The second-order valence-corrected chi connectivity index (χ2v) is 8.98. The molecule has 2 aromatic carbocycles. The number of carbonyl (C=O) groups is 2. The molecule has 1 unspecified atom stereocenters. The molecule has 2 rings (SSSR count). The Labute approximate surface area is 171 Å². The molecule has 0 radical (unpaired) electrons. The highest BCUT2D eigenvalue weighted by atomic mass is 32.2. The second-order valence-electron chi connectivity index (χ2n) is 6.72. The van der Waals surface area contributed by atoms with Crippen LogP contribution in [0.15, 0.2) is 54.6 Å². The Balaban J connectivity index is 2.02. The van der Waals surface area contributed by atoms with E-state index < -0.39 is 27.9 Å². The van der Waals surface area contributed by atoms with Crippen molar-refractivity contribution in [3.05, 3.63) is 65.7 Å². The van der Waals surface area contributed by atoms with E-state index in [4.69, 9.17) is 4.74 Å². The third-order valence-electron chi connectivity index (χ3n) is 4.20. The first kappa shape index (κ1) is 22.4. The number of nitrogens with one attached hydrogen (secondary N) is 2. The molecule has 156 valence electrons. The standard InChI is InChI=1S/C21H26N2O5S/c1-3-16-10-7-11-18(14-16)22-20(24)19(12-13-29(2,26)27)23-21(25)28-15-17-8-5-4-6-9-17/h4-11,14,19H,3,12-13,15H2,1-2H3,(H,22,24)(H,23,25). The van der Waals surface area contributed by atoms with E-state index in [1.165, 1.54) is 0 Å². The maximum Gasteiger partial charge on any atom is 0.408 e. The van der Waals surface area contributed by atoms with Gasteiger partial charge in [-0.3, -0.25) is 4.79 Å². The molecule has 0 spiro atoms. The van der Waals surface area contributed by atoms with Crippen LogP contribution in [0.25, 0.3) is 0 Å². The molecule has 2 amide bonds. The quantitative estimate of drug-likeness (QED) is 0.652. The summed E-state index contributed by atoms with van der Waals surface area (Å²) in [4.78, 5) is 24.8. The van der Waals surface area contributed by atoms with Crippen LogP contribution in [0, 0.1) is 0 Å². The van der Waals surface area contributed by atoms with Gasteiger partial charge in [0, 0.05) is 11.9 Å². The molecule has 0 heterocycles. The molecule has 0 saturated heterocycles. The Morgan fingerprint density at radius 2 is 1.72 bits per heavy atom. The van der Waals surface area contributed by atoms with Gasteiger partial charge in [0.15, 0.2) is 0 Å². The molecular formula is C21H26N2O5S. The van der Waals surface area contributed by atoms with Crippen LogP contribution >= 0.6 is 0 Å². The van der Waals surface area contributed by atoms with Gasteiger partial charge in [0.05, 0.1) is 5.75 Å². The monoisotopic (exact) mass is 418 g/mol. The van der Waals surface area contributed by atoms with Crippen molar-refractivity contribution in [1.82, 2.24) is 5.32 Å². The van der Waals surface area contributed by atoms with Gasteiger partial charge in [-0.1, -0.05) is 49.4 Å². The number of hydrogen-bond acceptors (Lipinski definition) is 5. The zero-order valence-corrected chi connectivity index (χ0v) is 17.4. The van der Waals surface area contributed by atoms with Crippen LogP contribution in [0.4, 0.5) is 10.5 Å². The van der Waals surface area contributed by atoms with Crippen LogP contribution in [0.2, 0.25) is 0 Å². The molecule has 7 nitrogen and oxygen atoms in total. The molecular weight excluding hydrogens is 392 g/mol. The van der Waals surface area contributed by atoms with Gasteiger partial charge in [0.2, 0.25) is 5.91 Å². The molecule has 0 aliphatic carbocycles. The van der Waals surface area contributed by atoms with Gasteiger partial charge >= 0.3 is 6.09 Å². The largest absolute Gasteiger partial charge is 0.445 e. The highest BCUT2D eigenvalue weighted by molar-refractivity contribution is 7.90. The number of ether oxygens (including phenoxy) is 1. The van der Waals surface area contributed by atoms with Crippen molar-refractivity contribution < 1.29 is 22.7 Å². The highest BCUT2D eigenvalue weighted by Crippen LogP contribution is 2.12. The Morgan fingerprint density at radius 1 is 1.03 bits per heavy atom. The fraction of sp³-hybridized carbons (Fsp3) is 0.333. The molecule has 0 aliphatic heterocycles. The van der Waals surface area contributed by atoms with Crippen LogP contribution in [0.1, 0.15) is 24.5 Å². The van der Waals surface area contributed by atoms with E-state index in [-0.39, 0.29) is 18.8 Å². The summed E-state index contributed by atoms with van der Waals surface area (Å²) in [5.74, 6) is -0.738. The normalized spacial score (nSPS) is 12.1. The number of alkyl carbamates (subject to hydrolysis) is 1. The van der Waals surface area contributed by atoms with Gasteiger partial charge in [-0.05, 0) is 36.1 Å². The maximum atomic E-state index is 12.7. The molecule has 1 atom stereocenters. The SMILES string of the molecule is CCc1cccc(NC(=O)C(CCS(C)(=O)=O)NC(=O)OCc2ccccc2)c1. The van der Waals surface area contributed by atoms with Crippen molar-refractivity contribution in [1.29, 1.82) is 0 Å². The second kappa shape index (κ2) is 10.6. The fourth-order valence-electron chi connectivity index (χ4n) is 2.61. The van der Waals surface area contributed by atoms with Crippen molar-refractivity contribution >= 4 is 27.5 Å². The van der Waals surface area contributed by atoms with E-state index in [2.05, 4.69) is 10.6 Å². The molecule has 0 saturated carbocycles. The van der Waals surface area contributed by atoms with Gasteiger partial charge in [-0.15, -0.1) is 0 Å². The summed E-state index contributed by atoms with van der Waals surface area (Å²) in [7, 11) is -3.30. The summed E-state index contributed by atoms with van der Waals surface area (Å²) >= 11 is 0. The number of sulfone groups is 1. The summed E-state index contributed by atoms with van der Waals surface area (Å²) in [6.07, 6.45) is 1.05. The van der Waals surface area contributed by atoms with Gasteiger partial charge in [0.25, 0.3) is 0 Å². The average molecular weight is 419 g/mol. The number of aryl methyl sites for hydroxylation is 1. The first-order valence-corrected chi connectivity index (χ1v) is 11.4.